The highest BCUT2D eigenvalue weighted by Crippen LogP contribution is 2.41. The molecule has 3 N–H and O–H groups in total. The Morgan fingerprint density at radius 3 is 2.54 bits per heavy atom. The Labute approximate surface area is 247 Å². The number of carbonyl (C=O) groups excluding carboxylic acids is 2. The second-order valence-corrected chi connectivity index (χ2v) is 11.8. The third-order valence-corrected chi connectivity index (χ3v) is 9.58. The molecule has 0 aliphatic heterocycles. The number of nitrogens with two attached hydrogens (primary N) is 1. The summed E-state index contributed by atoms with van der Waals surface area (Å²) in [6.45, 7) is 2.13. The number of nitrogens with one attached hydrogen (secondary N) is 1. The van der Waals surface area contributed by atoms with E-state index in [-0.39, 0.29) is 35.0 Å². The molecule has 5 rings (SSSR count). The van der Waals surface area contributed by atoms with Crippen LogP contribution in [0.1, 0.15) is 57.0 Å². The fourth-order valence-corrected chi connectivity index (χ4v) is 7.24. The molecule has 0 bridgehead atoms. The summed E-state index contributed by atoms with van der Waals surface area (Å²) in [7, 11) is 3.55. The van der Waals surface area contributed by atoms with E-state index in [1.807, 2.05) is 37.1 Å². The van der Waals surface area contributed by atoms with Gasteiger partial charge in [0.25, 0.3) is 11.8 Å². The third kappa shape index (κ3) is 5.80. The third-order valence-electron chi connectivity index (χ3n) is 7.91. The van der Waals surface area contributed by atoms with Gasteiger partial charge in [0.15, 0.2) is 0 Å². The minimum Gasteiger partial charge on any atom is -0.496 e. The van der Waals surface area contributed by atoms with Crippen molar-refractivity contribution in [2.45, 2.75) is 51.2 Å². The molecule has 1 aliphatic carbocycles. The standard InChI is InChI=1S/C31H32ClFN4O3S/c1-17-4-10-23(33)28-26(17)27(32)29(41-28)31(39)37(22-8-6-21(35-2)7-9-22)16-20-14-18(5-11-25(20)40-3)19-12-13-36-24(15-19)30(34)38/h4-5,10-15,21-22,35H,6-9,16H2,1-3H3,(H2,34,38). The molecule has 2 amide bonds. The first-order chi connectivity index (χ1) is 19.7. The van der Waals surface area contributed by atoms with Crippen LogP contribution in [-0.2, 0) is 6.54 Å². The van der Waals surface area contributed by atoms with Crippen molar-refractivity contribution < 1.29 is 18.7 Å². The fourth-order valence-electron chi connectivity index (χ4n) is 5.61. The van der Waals surface area contributed by atoms with Crippen molar-refractivity contribution in [3.63, 3.8) is 0 Å². The van der Waals surface area contributed by atoms with Crippen LogP contribution in [0.25, 0.3) is 21.2 Å². The number of amides is 2. The van der Waals surface area contributed by atoms with Gasteiger partial charge in [-0.15, -0.1) is 11.3 Å². The van der Waals surface area contributed by atoms with Gasteiger partial charge < -0.3 is 20.7 Å². The number of aromatic nitrogens is 1. The molecular weight excluding hydrogens is 563 g/mol. The Hall–Kier alpha value is -3.53. The van der Waals surface area contributed by atoms with Crippen LogP contribution < -0.4 is 15.8 Å². The van der Waals surface area contributed by atoms with Gasteiger partial charge in [-0.2, -0.15) is 0 Å². The van der Waals surface area contributed by atoms with Gasteiger partial charge in [-0.3, -0.25) is 14.6 Å². The number of carbonyl (C=O) groups is 2. The first-order valence-corrected chi connectivity index (χ1v) is 14.7. The highest BCUT2D eigenvalue weighted by atomic mass is 35.5. The number of pyridine rings is 1. The predicted octanol–water partition coefficient (Wildman–Crippen LogP) is 6.34. The Morgan fingerprint density at radius 1 is 1.15 bits per heavy atom. The fraction of sp³-hybridized carbons (Fsp3) is 0.323. The monoisotopic (exact) mass is 594 g/mol. The van der Waals surface area contributed by atoms with Gasteiger partial charge in [0, 0.05) is 35.8 Å². The number of methoxy groups -OCH3 is 1. The number of hydrogen-bond donors (Lipinski definition) is 2. The van der Waals surface area contributed by atoms with Gasteiger partial charge in [0.1, 0.15) is 22.1 Å². The molecular formula is C31H32ClFN4O3S. The van der Waals surface area contributed by atoms with Gasteiger partial charge in [0.2, 0.25) is 0 Å². The summed E-state index contributed by atoms with van der Waals surface area (Å²) in [6.07, 6.45) is 5.05. The van der Waals surface area contributed by atoms with Crippen molar-refractivity contribution in [1.29, 1.82) is 0 Å². The average molecular weight is 595 g/mol. The maximum absolute atomic E-state index is 14.8. The van der Waals surface area contributed by atoms with E-state index in [1.165, 1.54) is 6.07 Å². The lowest BCUT2D eigenvalue weighted by Gasteiger charge is -2.37. The highest BCUT2D eigenvalue weighted by Gasteiger charge is 2.32. The van der Waals surface area contributed by atoms with Crippen molar-refractivity contribution in [1.82, 2.24) is 15.2 Å². The number of halogens is 2. The maximum atomic E-state index is 14.8. The van der Waals surface area contributed by atoms with E-state index in [0.717, 1.165) is 59.3 Å². The van der Waals surface area contributed by atoms with Gasteiger partial charge in [-0.25, -0.2) is 4.39 Å². The summed E-state index contributed by atoms with van der Waals surface area (Å²) >= 11 is 7.89. The number of aryl methyl sites for hydroxylation is 1. The van der Waals surface area contributed by atoms with Crippen LogP contribution in [0.5, 0.6) is 5.75 Å². The molecule has 0 unspecified atom stereocenters. The Kier molecular flexibility index (Phi) is 8.58. The lowest BCUT2D eigenvalue weighted by atomic mass is 9.89. The number of ether oxygens (including phenoxy) is 1. The summed E-state index contributed by atoms with van der Waals surface area (Å²) in [5.74, 6) is -0.597. The Bertz CT molecular complexity index is 1620. The maximum Gasteiger partial charge on any atom is 0.267 e. The Balaban J connectivity index is 1.56. The van der Waals surface area contributed by atoms with Crippen LogP contribution in [0.15, 0.2) is 48.7 Å². The number of nitrogens with zero attached hydrogens (tertiary/aromatic N) is 2. The lowest BCUT2D eigenvalue weighted by molar-refractivity contribution is 0.0604. The topological polar surface area (TPSA) is 97.6 Å². The van der Waals surface area contributed by atoms with Crippen molar-refractivity contribution in [2.24, 2.45) is 5.73 Å². The highest BCUT2D eigenvalue weighted by molar-refractivity contribution is 7.21. The minimum absolute atomic E-state index is 0.0323. The lowest BCUT2D eigenvalue weighted by Crippen LogP contribution is -2.44. The Morgan fingerprint density at radius 2 is 1.88 bits per heavy atom. The van der Waals surface area contributed by atoms with Crippen molar-refractivity contribution >= 4 is 44.8 Å². The molecule has 1 aliphatic rings. The van der Waals surface area contributed by atoms with Gasteiger partial charge in [-0.1, -0.05) is 23.7 Å². The molecule has 1 fully saturated rings. The summed E-state index contributed by atoms with van der Waals surface area (Å²) in [6, 6.07) is 12.6. The summed E-state index contributed by atoms with van der Waals surface area (Å²) in [5, 5.41) is 4.22. The molecule has 0 radical (unpaired) electrons. The van der Waals surface area contributed by atoms with Crippen molar-refractivity contribution in [3.8, 4) is 16.9 Å². The smallest absolute Gasteiger partial charge is 0.267 e. The van der Waals surface area contributed by atoms with Crippen molar-refractivity contribution in [2.75, 3.05) is 14.2 Å². The zero-order chi connectivity index (χ0) is 29.3. The molecule has 214 valence electrons. The largest absolute Gasteiger partial charge is 0.496 e. The van der Waals surface area contributed by atoms with Gasteiger partial charge in [-0.05, 0) is 86.7 Å². The number of rotatable bonds is 8. The van der Waals surface area contributed by atoms with Crippen LogP contribution in [0, 0.1) is 12.7 Å². The van der Waals surface area contributed by atoms with Crippen LogP contribution in [0.4, 0.5) is 4.39 Å². The molecule has 41 heavy (non-hydrogen) atoms. The number of primary amides is 1. The van der Waals surface area contributed by atoms with Crippen LogP contribution in [0.2, 0.25) is 5.02 Å². The van der Waals surface area contributed by atoms with E-state index in [1.54, 1.807) is 31.5 Å². The molecule has 7 nitrogen and oxygen atoms in total. The predicted molar refractivity (Wildman–Crippen MR) is 161 cm³/mol. The number of fused-ring (bicyclic) bond motifs is 1. The van der Waals surface area contributed by atoms with E-state index in [0.29, 0.717) is 26.8 Å². The molecule has 2 aromatic heterocycles. The number of hydrogen-bond acceptors (Lipinski definition) is 6. The van der Waals surface area contributed by atoms with E-state index < -0.39 is 5.91 Å². The molecule has 2 heterocycles. The molecule has 1 saturated carbocycles. The second-order valence-electron chi connectivity index (χ2n) is 10.4. The van der Waals surface area contributed by atoms with Crippen molar-refractivity contribution in [3.05, 3.63) is 81.2 Å². The summed E-state index contributed by atoms with van der Waals surface area (Å²) in [5.41, 5.74) is 8.83. The van der Waals surface area contributed by atoms with E-state index in [2.05, 4.69) is 10.3 Å². The molecule has 0 atom stereocenters. The molecule has 0 spiro atoms. The SMILES string of the molecule is CNC1CCC(N(Cc2cc(-c3ccnc(C(N)=O)c3)ccc2OC)C(=O)c2sc3c(F)ccc(C)c3c2Cl)CC1. The second kappa shape index (κ2) is 12.1. The van der Waals surface area contributed by atoms with Gasteiger partial charge in [0.05, 0.1) is 16.8 Å². The molecule has 0 saturated heterocycles. The summed E-state index contributed by atoms with van der Waals surface area (Å²) in [4.78, 5) is 32.3. The van der Waals surface area contributed by atoms with Crippen LogP contribution in [-0.4, -0.2) is 47.9 Å². The first-order valence-electron chi connectivity index (χ1n) is 13.5. The minimum atomic E-state index is -0.610. The molecule has 2 aromatic carbocycles. The van der Waals surface area contributed by atoms with E-state index in [9.17, 15) is 14.0 Å². The van der Waals surface area contributed by atoms with Crippen LogP contribution in [0.3, 0.4) is 0 Å². The van der Waals surface area contributed by atoms with Crippen LogP contribution >= 0.6 is 22.9 Å². The average Bonchev–Trinajstić information content (AvgIpc) is 3.35. The first kappa shape index (κ1) is 29.0. The van der Waals surface area contributed by atoms with E-state index >= 15 is 0 Å². The zero-order valence-corrected chi connectivity index (χ0v) is 24.7. The zero-order valence-electron chi connectivity index (χ0n) is 23.2. The van der Waals surface area contributed by atoms with E-state index in [4.69, 9.17) is 22.1 Å². The quantitative estimate of drug-likeness (QED) is 0.248. The molecule has 10 heteroatoms. The normalized spacial score (nSPS) is 17.0. The number of benzene rings is 2. The summed E-state index contributed by atoms with van der Waals surface area (Å²) < 4.78 is 20.9. The molecule has 4 aromatic rings. The van der Waals surface area contributed by atoms with Gasteiger partial charge >= 0.3 is 0 Å². The number of thiophene rings is 1.